The zero-order valence-corrected chi connectivity index (χ0v) is 14.4. The average Bonchev–Trinajstić information content (AvgIpc) is 2.52. The van der Waals surface area contributed by atoms with Gasteiger partial charge in [-0.15, -0.1) is 0 Å². The summed E-state index contributed by atoms with van der Waals surface area (Å²) in [6.07, 6.45) is 6.72. The SMILES string of the molecule is [C-]#[N+]C1=C[C@]2(C)C3=CC(=O)C(C#N)=C[C@]3(C)CC[C@H]2C(C)(C)C1=O. The lowest BCUT2D eigenvalue weighted by Gasteiger charge is -2.57. The van der Waals surface area contributed by atoms with Gasteiger partial charge in [0, 0.05) is 16.2 Å². The summed E-state index contributed by atoms with van der Waals surface area (Å²) in [4.78, 5) is 28.4. The number of fused-ring (bicyclic) bond motifs is 3. The maximum Gasteiger partial charge on any atom is 0.226 e. The molecule has 0 bridgehead atoms. The van der Waals surface area contributed by atoms with E-state index in [1.807, 2.05) is 33.8 Å². The third-order valence-electron chi connectivity index (χ3n) is 6.24. The number of rotatable bonds is 0. The van der Waals surface area contributed by atoms with E-state index in [4.69, 9.17) is 6.57 Å². The lowest BCUT2D eigenvalue weighted by Crippen LogP contribution is -2.53. The fraction of sp³-hybridized carbons (Fsp3) is 0.500. The standard InChI is InChI=1S/C20H20N2O2/c1-18(2)15-6-7-19(3)9-12(11-21)14(23)8-16(19)20(15,4)10-13(22-5)17(18)24/h8-10,15H,6-7H2,1-4H3/t15-,19-,20-/m0/s1. The molecule has 4 heteroatoms. The number of hydrogen-bond donors (Lipinski definition) is 0. The first-order valence-corrected chi connectivity index (χ1v) is 8.15. The molecular weight excluding hydrogens is 300 g/mol. The number of carbonyl (C=O) groups excluding carboxylic acids is 2. The summed E-state index contributed by atoms with van der Waals surface area (Å²) in [7, 11) is 0. The van der Waals surface area contributed by atoms with Crippen LogP contribution in [-0.4, -0.2) is 11.6 Å². The van der Waals surface area contributed by atoms with E-state index in [1.54, 1.807) is 18.2 Å². The first kappa shape index (κ1) is 16.4. The van der Waals surface area contributed by atoms with Gasteiger partial charge in [0.25, 0.3) is 0 Å². The van der Waals surface area contributed by atoms with Crippen molar-refractivity contribution in [2.24, 2.45) is 22.2 Å². The van der Waals surface area contributed by atoms with E-state index in [9.17, 15) is 14.9 Å². The molecule has 0 radical (unpaired) electrons. The Kier molecular flexibility index (Phi) is 3.26. The molecule has 0 heterocycles. The summed E-state index contributed by atoms with van der Waals surface area (Å²) < 4.78 is 0. The lowest BCUT2D eigenvalue weighted by atomic mass is 9.46. The molecule has 0 aromatic rings. The first-order chi connectivity index (χ1) is 11.1. The number of carbonyl (C=O) groups is 2. The molecule has 1 saturated carbocycles. The number of nitrogens with zero attached hydrogens (tertiary/aromatic N) is 2. The van der Waals surface area contributed by atoms with Gasteiger partial charge in [0.15, 0.2) is 11.6 Å². The second kappa shape index (κ2) is 4.77. The highest BCUT2D eigenvalue weighted by Gasteiger charge is 2.58. The van der Waals surface area contributed by atoms with Crippen LogP contribution in [0.15, 0.2) is 35.1 Å². The Hall–Kier alpha value is -2.46. The summed E-state index contributed by atoms with van der Waals surface area (Å²) in [6.45, 7) is 15.2. The summed E-state index contributed by atoms with van der Waals surface area (Å²) in [5.41, 5.74) is -0.289. The largest absolute Gasteiger partial charge is 0.307 e. The van der Waals surface area contributed by atoms with Crippen LogP contribution in [0.2, 0.25) is 0 Å². The van der Waals surface area contributed by atoms with Crippen LogP contribution < -0.4 is 0 Å². The highest BCUT2D eigenvalue weighted by atomic mass is 16.1. The van der Waals surface area contributed by atoms with Crippen LogP contribution in [0.3, 0.4) is 0 Å². The topological polar surface area (TPSA) is 62.3 Å². The number of Topliss-reactive ketones (excluding diaryl/α,β-unsaturated/α-hetero) is 1. The van der Waals surface area contributed by atoms with Gasteiger partial charge in [-0.25, -0.2) is 4.85 Å². The van der Waals surface area contributed by atoms with Crippen molar-refractivity contribution in [1.29, 1.82) is 5.26 Å². The van der Waals surface area contributed by atoms with Crippen molar-refractivity contribution < 1.29 is 9.59 Å². The fourth-order valence-electron chi connectivity index (χ4n) is 5.05. The minimum absolute atomic E-state index is 0.0344. The molecule has 0 saturated heterocycles. The van der Waals surface area contributed by atoms with Crippen LogP contribution in [0.25, 0.3) is 4.85 Å². The molecular formula is C20H20N2O2. The van der Waals surface area contributed by atoms with Crippen LogP contribution in [0, 0.1) is 40.1 Å². The number of allylic oxidation sites excluding steroid dienone is 6. The van der Waals surface area contributed by atoms with Crippen molar-refractivity contribution in [3.05, 3.63) is 46.5 Å². The van der Waals surface area contributed by atoms with Gasteiger partial charge in [0.05, 0.1) is 12.1 Å². The quantitative estimate of drug-likeness (QED) is 0.638. The van der Waals surface area contributed by atoms with Crippen molar-refractivity contribution in [3.8, 4) is 6.07 Å². The number of hydrogen-bond acceptors (Lipinski definition) is 3. The van der Waals surface area contributed by atoms with E-state index in [1.165, 1.54) is 0 Å². The van der Waals surface area contributed by atoms with Gasteiger partial charge in [-0.2, -0.15) is 5.26 Å². The molecule has 3 atom stereocenters. The van der Waals surface area contributed by atoms with Gasteiger partial charge < -0.3 is 4.79 Å². The van der Waals surface area contributed by atoms with Gasteiger partial charge >= 0.3 is 0 Å². The summed E-state index contributed by atoms with van der Waals surface area (Å²) in [5, 5.41) is 9.20. The Labute approximate surface area is 142 Å². The Morgan fingerprint density at radius 3 is 2.50 bits per heavy atom. The zero-order valence-electron chi connectivity index (χ0n) is 14.4. The van der Waals surface area contributed by atoms with E-state index < -0.39 is 10.8 Å². The Morgan fingerprint density at radius 2 is 1.92 bits per heavy atom. The molecule has 3 aliphatic carbocycles. The maximum absolute atomic E-state index is 12.7. The first-order valence-electron chi connectivity index (χ1n) is 8.15. The third kappa shape index (κ3) is 1.89. The molecule has 3 aliphatic rings. The molecule has 1 fully saturated rings. The predicted molar refractivity (Wildman–Crippen MR) is 89.2 cm³/mol. The Balaban J connectivity index is 2.26. The third-order valence-corrected chi connectivity index (χ3v) is 6.24. The van der Waals surface area contributed by atoms with Crippen LogP contribution in [0.4, 0.5) is 0 Å². The number of nitriles is 1. The Bertz CT molecular complexity index is 844. The fourth-order valence-corrected chi connectivity index (χ4v) is 5.05. The molecule has 24 heavy (non-hydrogen) atoms. The van der Waals surface area contributed by atoms with Gasteiger partial charge in [0.2, 0.25) is 5.70 Å². The maximum atomic E-state index is 12.7. The molecule has 0 spiro atoms. The van der Waals surface area contributed by atoms with Crippen LogP contribution in [-0.2, 0) is 9.59 Å². The molecule has 4 nitrogen and oxygen atoms in total. The van der Waals surface area contributed by atoms with Crippen molar-refractivity contribution in [1.82, 2.24) is 0 Å². The smallest absolute Gasteiger partial charge is 0.226 e. The van der Waals surface area contributed by atoms with E-state index >= 15 is 0 Å². The van der Waals surface area contributed by atoms with Gasteiger partial charge in [-0.05, 0) is 30.4 Å². The summed E-state index contributed by atoms with van der Waals surface area (Å²) in [6, 6.07) is 1.99. The minimum Gasteiger partial charge on any atom is -0.307 e. The molecule has 0 aromatic heterocycles. The molecule has 0 amide bonds. The summed E-state index contributed by atoms with van der Waals surface area (Å²) in [5.74, 6) is -0.356. The molecule has 0 unspecified atom stereocenters. The van der Waals surface area contributed by atoms with Crippen LogP contribution >= 0.6 is 0 Å². The summed E-state index contributed by atoms with van der Waals surface area (Å²) >= 11 is 0. The molecule has 0 aliphatic heterocycles. The van der Waals surface area contributed by atoms with E-state index in [0.717, 1.165) is 18.4 Å². The van der Waals surface area contributed by atoms with Crippen molar-refractivity contribution >= 4 is 11.6 Å². The molecule has 0 N–H and O–H groups in total. The van der Waals surface area contributed by atoms with Crippen molar-refractivity contribution in [3.63, 3.8) is 0 Å². The number of ketones is 2. The van der Waals surface area contributed by atoms with E-state index in [2.05, 4.69) is 4.85 Å². The minimum atomic E-state index is -0.645. The lowest BCUT2D eigenvalue weighted by molar-refractivity contribution is -0.130. The highest BCUT2D eigenvalue weighted by molar-refractivity contribution is 6.09. The Morgan fingerprint density at radius 1 is 1.25 bits per heavy atom. The van der Waals surface area contributed by atoms with Gasteiger partial charge in [-0.3, -0.25) is 4.79 Å². The normalized spacial score (nSPS) is 37.1. The predicted octanol–water partition coefficient (Wildman–Crippen LogP) is 3.78. The average molecular weight is 320 g/mol. The van der Waals surface area contributed by atoms with E-state index in [0.29, 0.717) is 0 Å². The highest BCUT2D eigenvalue weighted by Crippen LogP contribution is 2.63. The molecule has 122 valence electrons. The second-order valence-corrected chi connectivity index (χ2v) is 8.08. The van der Waals surface area contributed by atoms with Gasteiger partial charge in [-0.1, -0.05) is 39.8 Å². The molecule has 0 aromatic carbocycles. The monoisotopic (exact) mass is 320 g/mol. The van der Waals surface area contributed by atoms with Crippen molar-refractivity contribution in [2.45, 2.75) is 40.5 Å². The van der Waals surface area contributed by atoms with Crippen molar-refractivity contribution in [2.75, 3.05) is 0 Å². The molecule has 3 rings (SSSR count). The van der Waals surface area contributed by atoms with Crippen LogP contribution in [0.1, 0.15) is 40.5 Å². The van der Waals surface area contributed by atoms with Gasteiger partial charge in [0.1, 0.15) is 6.07 Å². The van der Waals surface area contributed by atoms with Crippen LogP contribution in [0.5, 0.6) is 0 Å². The zero-order chi connectivity index (χ0) is 17.9. The van der Waals surface area contributed by atoms with E-state index in [-0.39, 0.29) is 34.2 Å². The second-order valence-electron chi connectivity index (χ2n) is 8.08.